The van der Waals surface area contributed by atoms with Gasteiger partial charge in [-0.2, -0.15) is 5.10 Å². The average Bonchev–Trinajstić information content (AvgIpc) is 2.81. The second-order valence-corrected chi connectivity index (χ2v) is 6.76. The van der Waals surface area contributed by atoms with E-state index in [1.807, 2.05) is 43.0 Å². The monoisotopic (exact) mass is 413 g/mol. The van der Waals surface area contributed by atoms with Crippen molar-refractivity contribution in [3.05, 3.63) is 47.5 Å². The molecule has 2 aromatic rings. The summed E-state index contributed by atoms with van der Waals surface area (Å²) < 4.78 is 1.80. The number of hydrogen-bond donors (Lipinski definition) is 1. The van der Waals surface area contributed by atoms with Gasteiger partial charge in [0.1, 0.15) is 6.54 Å². The molecule has 1 fully saturated rings. The first-order valence-electron chi connectivity index (χ1n) is 9.04. The number of halogens is 2. The summed E-state index contributed by atoms with van der Waals surface area (Å²) in [5, 5.41) is 7.87. The Morgan fingerprint density at radius 3 is 2.74 bits per heavy atom. The fraction of sp³-hybridized carbons (Fsp3) is 0.526. The fourth-order valence-corrected chi connectivity index (χ4v) is 3.45. The van der Waals surface area contributed by atoms with Crippen molar-refractivity contribution >= 4 is 30.7 Å². The van der Waals surface area contributed by atoms with Crippen LogP contribution in [0.5, 0.6) is 0 Å². The summed E-state index contributed by atoms with van der Waals surface area (Å²) in [5.41, 5.74) is 2.90. The molecule has 27 heavy (non-hydrogen) atoms. The molecular formula is C19H29Cl2N5O. The molecule has 1 atom stereocenters. The van der Waals surface area contributed by atoms with Gasteiger partial charge in [0.2, 0.25) is 5.91 Å². The summed E-state index contributed by atoms with van der Waals surface area (Å²) in [4.78, 5) is 19.5. The maximum atomic E-state index is 13.1. The average molecular weight is 414 g/mol. The van der Waals surface area contributed by atoms with Gasteiger partial charge in [-0.05, 0) is 64.4 Å². The number of rotatable bonds is 5. The first-order chi connectivity index (χ1) is 12.1. The van der Waals surface area contributed by atoms with Gasteiger partial charge in [0.15, 0.2) is 0 Å². The molecule has 3 rings (SSSR count). The third-order valence-corrected chi connectivity index (χ3v) is 4.75. The highest BCUT2D eigenvalue weighted by Crippen LogP contribution is 2.17. The molecule has 150 valence electrons. The van der Waals surface area contributed by atoms with Gasteiger partial charge >= 0.3 is 0 Å². The van der Waals surface area contributed by atoms with E-state index >= 15 is 0 Å². The number of aromatic nitrogens is 3. The van der Waals surface area contributed by atoms with E-state index in [-0.39, 0.29) is 43.3 Å². The van der Waals surface area contributed by atoms with Crippen LogP contribution in [0, 0.1) is 13.8 Å². The molecule has 1 amide bonds. The van der Waals surface area contributed by atoms with Gasteiger partial charge in [-0.1, -0.05) is 6.07 Å². The Morgan fingerprint density at radius 1 is 1.26 bits per heavy atom. The number of nitrogens with zero attached hydrogens (tertiary/aromatic N) is 4. The Hall–Kier alpha value is -1.63. The molecule has 2 aromatic heterocycles. The third-order valence-electron chi connectivity index (χ3n) is 4.75. The van der Waals surface area contributed by atoms with Crippen molar-refractivity contribution in [2.24, 2.45) is 0 Å². The number of pyridine rings is 1. The Bertz CT molecular complexity index is 699. The standard InChI is InChI=1S/C19H27N5O.2ClH/c1-15-12-16(2)24(22-15)14-19(25)23(13-17-6-3-4-10-21-17)18-7-5-9-20-11-8-18;;/h3-4,6,10,12,18,20H,5,7-9,11,13-14H2,1-2H3;2*1H. The Balaban J connectivity index is 0.00000182. The van der Waals surface area contributed by atoms with Crippen LogP contribution in [0.4, 0.5) is 0 Å². The molecule has 0 radical (unpaired) electrons. The minimum absolute atomic E-state index is 0. The van der Waals surface area contributed by atoms with Gasteiger partial charge in [-0.25, -0.2) is 0 Å². The van der Waals surface area contributed by atoms with E-state index in [0.29, 0.717) is 6.54 Å². The number of carbonyl (C=O) groups is 1. The molecule has 1 aliphatic heterocycles. The van der Waals surface area contributed by atoms with E-state index in [0.717, 1.165) is 49.4 Å². The van der Waals surface area contributed by atoms with Crippen molar-refractivity contribution in [2.75, 3.05) is 13.1 Å². The zero-order valence-corrected chi connectivity index (χ0v) is 17.6. The Labute approximate surface area is 173 Å². The van der Waals surface area contributed by atoms with E-state index in [4.69, 9.17) is 0 Å². The molecule has 1 N–H and O–H groups in total. The molecule has 3 heterocycles. The second-order valence-electron chi connectivity index (χ2n) is 6.76. The van der Waals surface area contributed by atoms with Gasteiger partial charge in [-0.3, -0.25) is 14.5 Å². The molecule has 0 spiro atoms. The molecule has 8 heteroatoms. The van der Waals surface area contributed by atoms with Gasteiger partial charge in [0.25, 0.3) is 0 Å². The highest BCUT2D eigenvalue weighted by molar-refractivity contribution is 5.85. The first-order valence-corrected chi connectivity index (χ1v) is 9.04. The number of hydrogen-bond acceptors (Lipinski definition) is 4. The van der Waals surface area contributed by atoms with Crippen LogP contribution in [-0.4, -0.2) is 44.7 Å². The topological polar surface area (TPSA) is 63.1 Å². The zero-order chi connectivity index (χ0) is 17.6. The Morgan fingerprint density at radius 2 is 2.07 bits per heavy atom. The van der Waals surface area contributed by atoms with E-state index < -0.39 is 0 Å². The van der Waals surface area contributed by atoms with Crippen molar-refractivity contribution in [1.29, 1.82) is 0 Å². The van der Waals surface area contributed by atoms with E-state index in [2.05, 4.69) is 15.4 Å². The zero-order valence-electron chi connectivity index (χ0n) is 15.9. The molecule has 1 saturated heterocycles. The van der Waals surface area contributed by atoms with Gasteiger partial charge in [0, 0.05) is 17.9 Å². The Kier molecular flexibility index (Phi) is 9.77. The van der Waals surface area contributed by atoms with Crippen LogP contribution in [-0.2, 0) is 17.9 Å². The van der Waals surface area contributed by atoms with E-state index in [1.54, 1.807) is 10.9 Å². The normalized spacial score (nSPS) is 16.6. The molecule has 0 bridgehead atoms. The highest BCUT2D eigenvalue weighted by atomic mass is 35.5. The molecule has 1 aliphatic rings. The lowest BCUT2D eigenvalue weighted by Crippen LogP contribution is -2.42. The molecule has 6 nitrogen and oxygen atoms in total. The van der Waals surface area contributed by atoms with Crippen molar-refractivity contribution in [1.82, 2.24) is 25.0 Å². The van der Waals surface area contributed by atoms with E-state index in [9.17, 15) is 4.79 Å². The molecule has 1 unspecified atom stereocenters. The SMILES string of the molecule is Cc1cc(C)n(CC(=O)N(Cc2ccccn2)C2CCCNCC2)n1.Cl.Cl. The smallest absolute Gasteiger partial charge is 0.244 e. The summed E-state index contributed by atoms with van der Waals surface area (Å²) in [7, 11) is 0. The lowest BCUT2D eigenvalue weighted by atomic mass is 10.1. The van der Waals surface area contributed by atoms with Gasteiger partial charge < -0.3 is 10.2 Å². The fourth-order valence-electron chi connectivity index (χ4n) is 3.45. The number of amides is 1. The maximum absolute atomic E-state index is 13.1. The van der Waals surface area contributed by atoms with Crippen LogP contribution in [0.15, 0.2) is 30.5 Å². The summed E-state index contributed by atoms with van der Waals surface area (Å²) >= 11 is 0. The summed E-state index contributed by atoms with van der Waals surface area (Å²) in [5.74, 6) is 0.115. The van der Waals surface area contributed by atoms with Crippen molar-refractivity contribution in [3.63, 3.8) is 0 Å². The number of carbonyl (C=O) groups excluding carboxylic acids is 1. The van der Waals surface area contributed by atoms with Crippen LogP contribution >= 0.6 is 24.8 Å². The lowest BCUT2D eigenvalue weighted by Gasteiger charge is -2.31. The van der Waals surface area contributed by atoms with Crippen LogP contribution in [0.2, 0.25) is 0 Å². The van der Waals surface area contributed by atoms with Gasteiger partial charge in [-0.15, -0.1) is 24.8 Å². The summed E-state index contributed by atoms with van der Waals surface area (Å²) in [6, 6.07) is 8.12. The molecule has 0 saturated carbocycles. The quantitative estimate of drug-likeness (QED) is 0.817. The summed E-state index contributed by atoms with van der Waals surface area (Å²) in [6.07, 6.45) is 4.89. The van der Waals surface area contributed by atoms with Crippen molar-refractivity contribution < 1.29 is 4.79 Å². The maximum Gasteiger partial charge on any atom is 0.244 e. The van der Waals surface area contributed by atoms with Crippen LogP contribution in [0.1, 0.15) is 36.3 Å². The number of nitrogens with one attached hydrogen (secondary N) is 1. The molecule has 0 aromatic carbocycles. The van der Waals surface area contributed by atoms with Crippen LogP contribution in [0.3, 0.4) is 0 Å². The van der Waals surface area contributed by atoms with E-state index in [1.165, 1.54) is 0 Å². The van der Waals surface area contributed by atoms with Gasteiger partial charge in [0.05, 0.1) is 17.9 Å². The summed E-state index contributed by atoms with van der Waals surface area (Å²) in [6.45, 7) is 6.78. The number of aryl methyl sites for hydroxylation is 2. The second kappa shape index (κ2) is 11.3. The van der Waals surface area contributed by atoms with Crippen molar-refractivity contribution in [2.45, 2.75) is 52.2 Å². The highest BCUT2D eigenvalue weighted by Gasteiger charge is 2.25. The lowest BCUT2D eigenvalue weighted by molar-refractivity contribution is -0.135. The minimum Gasteiger partial charge on any atom is -0.332 e. The van der Waals surface area contributed by atoms with Crippen LogP contribution < -0.4 is 5.32 Å². The predicted octanol–water partition coefficient (Wildman–Crippen LogP) is 2.91. The minimum atomic E-state index is 0. The molecular weight excluding hydrogens is 385 g/mol. The van der Waals surface area contributed by atoms with Crippen LogP contribution in [0.25, 0.3) is 0 Å². The molecule has 0 aliphatic carbocycles. The van der Waals surface area contributed by atoms with Crippen molar-refractivity contribution in [3.8, 4) is 0 Å². The largest absolute Gasteiger partial charge is 0.332 e. The third kappa shape index (κ3) is 6.48. The predicted molar refractivity (Wildman–Crippen MR) is 111 cm³/mol. The first kappa shape index (κ1) is 23.4.